The molecule has 0 amide bonds. The minimum absolute atomic E-state index is 0.745. The van der Waals surface area contributed by atoms with E-state index in [0.717, 1.165) is 36.9 Å². The molecule has 2 rings (SSSR count). The van der Waals surface area contributed by atoms with Crippen molar-refractivity contribution in [2.45, 2.75) is 6.42 Å². The normalized spacial score (nSPS) is 11.4. The third kappa shape index (κ3) is 10.1. The Bertz CT molecular complexity index is 755. The average molecular weight is 383 g/mol. The molecule has 2 aromatic rings. The maximum absolute atomic E-state index is 9.33. The summed E-state index contributed by atoms with van der Waals surface area (Å²) in [5.41, 5.74) is 2.57. The fourth-order valence-corrected chi connectivity index (χ4v) is 2.04. The zero-order valence-electron chi connectivity index (χ0n) is 15.8. The van der Waals surface area contributed by atoms with Crippen LogP contribution >= 0.6 is 0 Å². The molecule has 0 aliphatic carbocycles. The van der Waals surface area contributed by atoms with Crippen LogP contribution in [0, 0.1) is 0 Å². The molecule has 144 valence electrons. The van der Waals surface area contributed by atoms with Gasteiger partial charge in [0.2, 0.25) is 0 Å². The van der Waals surface area contributed by atoms with Crippen LogP contribution in [0.4, 0.5) is 0 Å². The van der Waals surface area contributed by atoms with Crippen LogP contribution in [0.2, 0.25) is 0 Å². The fourth-order valence-electron chi connectivity index (χ4n) is 2.04. The van der Waals surface area contributed by atoms with Crippen LogP contribution in [0.3, 0.4) is 0 Å². The maximum Gasteiger partial charge on any atom is 0.397 e. The summed E-state index contributed by atoms with van der Waals surface area (Å²) in [5.74, 6) is 1.00. The van der Waals surface area contributed by atoms with Crippen molar-refractivity contribution in [1.29, 1.82) is 0 Å². The second-order valence-corrected chi connectivity index (χ2v) is 7.92. The van der Waals surface area contributed by atoms with Crippen molar-refractivity contribution >= 4 is 10.4 Å². The van der Waals surface area contributed by atoms with E-state index >= 15 is 0 Å². The van der Waals surface area contributed by atoms with Gasteiger partial charge in [0.05, 0.1) is 28.3 Å². The van der Waals surface area contributed by atoms with Crippen LogP contribution in [-0.4, -0.2) is 58.9 Å². The van der Waals surface area contributed by atoms with Gasteiger partial charge in [-0.2, -0.15) is 8.42 Å². The first-order valence-electron chi connectivity index (χ1n) is 8.19. The fraction of sp³-hybridized carbons (Fsp3) is 0.368. The van der Waals surface area contributed by atoms with Crippen molar-refractivity contribution in [3.8, 4) is 5.75 Å². The van der Waals surface area contributed by atoms with Crippen molar-refractivity contribution in [2.75, 3.05) is 41.4 Å². The summed E-state index contributed by atoms with van der Waals surface area (Å²) < 4.78 is 36.6. The van der Waals surface area contributed by atoms with E-state index in [1.54, 1.807) is 0 Å². The lowest BCUT2D eigenvalue weighted by Crippen LogP contribution is -2.38. The minimum Gasteiger partial charge on any atom is -0.487 e. The molecule has 0 aliphatic heterocycles. The number of ether oxygens (including phenoxy) is 1. The van der Waals surface area contributed by atoms with Gasteiger partial charge < -0.3 is 9.22 Å². The van der Waals surface area contributed by atoms with Gasteiger partial charge in [0.1, 0.15) is 18.9 Å². The largest absolute Gasteiger partial charge is 0.487 e. The lowest BCUT2D eigenvalue weighted by Gasteiger charge is -2.24. The summed E-state index contributed by atoms with van der Waals surface area (Å²) in [4.78, 5) is 0. The molecule has 0 heterocycles. The third-order valence-corrected chi connectivity index (χ3v) is 3.86. The topological polar surface area (TPSA) is 72.8 Å². The Morgan fingerprint density at radius 2 is 1.50 bits per heavy atom. The second-order valence-electron chi connectivity index (χ2n) is 6.73. The standard InChI is InChI=1S/C18H24NO.CH4O4S/c1-19(2,3)13-14-20-18-12-8-7-11-17(18)15-16-9-5-4-6-10-16;1-5-6(2,3)4/h4-12H,13-15H2,1-3H3;1H3,(H,2,3,4)/q+1;. The third-order valence-electron chi connectivity index (χ3n) is 3.44. The van der Waals surface area contributed by atoms with Crippen LogP contribution in [0.25, 0.3) is 0 Å². The number of rotatable bonds is 7. The molecular formula is C19H28NO5S+. The van der Waals surface area contributed by atoms with E-state index in [2.05, 4.69) is 67.8 Å². The van der Waals surface area contributed by atoms with Crippen molar-refractivity contribution < 1.29 is 26.4 Å². The monoisotopic (exact) mass is 382 g/mol. The van der Waals surface area contributed by atoms with Crippen LogP contribution < -0.4 is 4.74 Å². The Balaban J connectivity index is 0.000000487. The highest BCUT2D eigenvalue weighted by atomic mass is 32.3. The molecule has 0 atom stereocenters. The first-order valence-corrected chi connectivity index (χ1v) is 9.55. The number of quaternary nitrogens is 1. The molecule has 0 spiro atoms. The lowest BCUT2D eigenvalue weighted by molar-refractivity contribution is -0.870. The van der Waals surface area contributed by atoms with Gasteiger partial charge in [0.15, 0.2) is 0 Å². The van der Waals surface area contributed by atoms with Gasteiger partial charge in [-0.15, -0.1) is 0 Å². The summed E-state index contributed by atoms with van der Waals surface area (Å²) in [7, 11) is 3.25. The number of nitrogens with zero attached hydrogens (tertiary/aromatic N) is 1. The first-order chi connectivity index (χ1) is 12.1. The van der Waals surface area contributed by atoms with Gasteiger partial charge in [-0.05, 0) is 17.2 Å². The molecule has 2 aromatic carbocycles. The highest BCUT2D eigenvalue weighted by molar-refractivity contribution is 7.80. The zero-order chi connectivity index (χ0) is 19.6. The van der Waals surface area contributed by atoms with Crippen LogP contribution in [-0.2, 0) is 21.0 Å². The van der Waals surface area contributed by atoms with E-state index in [1.807, 2.05) is 12.1 Å². The molecule has 0 fully saturated rings. The SMILES string of the molecule is COS(=O)(=O)O.C[N+](C)(C)CCOc1ccccc1Cc1ccccc1. The summed E-state index contributed by atoms with van der Waals surface area (Å²) in [6, 6.07) is 18.8. The summed E-state index contributed by atoms with van der Waals surface area (Å²) in [6.07, 6.45) is 0.918. The zero-order valence-corrected chi connectivity index (χ0v) is 16.6. The summed E-state index contributed by atoms with van der Waals surface area (Å²) >= 11 is 0. The number of benzene rings is 2. The van der Waals surface area contributed by atoms with Crippen molar-refractivity contribution in [3.63, 3.8) is 0 Å². The van der Waals surface area contributed by atoms with Gasteiger partial charge >= 0.3 is 10.4 Å². The van der Waals surface area contributed by atoms with Crippen molar-refractivity contribution in [2.24, 2.45) is 0 Å². The van der Waals surface area contributed by atoms with E-state index in [-0.39, 0.29) is 0 Å². The van der Waals surface area contributed by atoms with E-state index in [4.69, 9.17) is 9.29 Å². The highest BCUT2D eigenvalue weighted by Gasteiger charge is 2.09. The van der Waals surface area contributed by atoms with Gasteiger partial charge in [-0.1, -0.05) is 48.5 Å². The molecule has 0 aliphatic rings. The second kappa shape index (κ2) is 10.3. The van der Waals surface area contributed by atoms with E-state index < -0.39 is 10.4 Å². The Kier molecular flexibility index (Phi) is 8.74. The van der Waals surface area contributed by atoms with E-state index in [9.17, 15) is 8.42 Å². The Hall–Kier alpha value is -1.93. The van der Waals surface area contributed by atoms with Gasteiger partial charge in [-0.25, -0.2) is 0 Å². The molecule has 0 saturated heterocycles. The summed E-state index contributed by atoms with van der Waals surface area (Å²) in [6.45, 7) is 1.75. The van der Waals surface area contributed by atoms with Crippen molar-refractivity contribution in [3.05, 3.63) is 65.7 Å². The molecule has 0 unspecified atom stereocenters. The quantitative estimate of drug-likeness (QED) is 0.589. The molecule has 0 aromatic heterocycles. The number of hydrogen-bond donors (Lipinski definition) is 1. The van der Waals surface area contributed by atoms with E-state index in [1.165, 1.54) is 11.1 Å². The van der Waals surface area contributed by atoms with Gasteiger partial charge in [-0.3, -0.25) is 8.74 Å². The maximum atomic E-state index is 9.33. The highest BCUT2D eigenvalue weighted by Crippen LogP contribution is 2.21. The Labute approximate surface area is 156 Å². The predicted molar refractivity (Wildman–Crippen MR) is 103 cm³/mol. The molecule has 6 nitrogen and oxygen atoms in total. The van der Waals surface area contributed by atoms with Crippen LogP contribution in [0.1, 0.15) is 11.1 Å². The predicted octanol–water partition coefficient (Wildman–Crippen LogP) is 2.80. The number of likely N-dealkylation sites (N-methyl/N-ethyl adjacent to an activating group) is 1. The average Bonchev–Trinajstić information content (AvgIpc) is 2.56. The Morgan fingerprint density at radius 3 is 2.04 bits per heavy atom. The number of para-hydroxylation sites is 1. The van der Waals surface area contributed by atoms with Crippen molar-refractivity contribution in [1.82, 2.24) is 0 Å². The lowest BCUT2D eigenvalue weighted by atomic mass is 10.0. The van der Waals surface area contributed by atoms with Crippen LogP contribution in [0.15, 0.2) is 54.6 Å². The summed E-state index contributed by atoms with van der Waals surface area (Å²) in [5, 5.41) is 0. The molecular weight excluding hydrogens is 354 g/mol. The number of hydrogen-bond acceptors (Lipinski definition) is 4. The van der Waals surface area contributed by atoms with Gasteiger partial charge in [0.25, 0.3) is 0 Å². The smallest absolute Gasteiger partial charge is 0.397 e. The molecule has 0 saturated carbocycles. The molecule has 1 N–H and O–H groups in total. The Morgan fingerprint density at radius 1 is 0.962 bits per heavy atom. The van der Waals surface area contributed by atoms with E-state index in [0.29, 0.717) is 0 Å². The molecule has 7 heteroatoms. The minimum atomic E-state index is -4.16. The van der Waals surface area contributed by atoms with Crippen LogP contribution in [0.5, 0.6) is 5.75 Å². The molecule has 0 bridgehead atoms. The van der Waals surface area contributed by atoms with Gasteiger partial charge in [0, 0.05) is 6.42 Å². The molecule has 0 radical (unpaired) electrons. The first kappa shape index (κ1) is 22.1. The molecule has 26 heavy (non-hydrogen) atoms.